The summed E-state index contributed by atoms with van der Waals surface area (Å²) in [6.45, 7) is 11.1. The van der Waals surface area contributed by atoms with E-state index >= 15 is 0 Å². The van der Waals surface area contributed by atoms with E-state index in [4.69, 9.17) is 0 Å². The fraction of sp³-hybridized carbons (Fsp3) is 0.419. The van der Waals surface area contributed by atoms with Crippen molar-refractivity contribution in [3.05, 3.63) is 113 Å². The van der Waals surface area contributed by atoms with E-state index in [-0.39, 0.29) is 42.5 Å². The summed E-state index contributed by atoms with van der Waals surface area (Å²) in [5.74, 6) is -0.886. The first-order valence-electron chi connectivity index (χ1n) is 19.0. The van der Waals surface area contributed by atoms with Gasteiger partial charge in [0.05, 0.1) is 22.1 Å². The lowest BCUT2D eigenvalue weighted by molar-refractivity contribution is -0.144. The van der Waals surface area contributed by atoms with Crippen molar-refractivity contribution in [2.45, 2.75) is 78.0 Å². The van der Waals surface area contributed by atoms with Gasteiger partial charge in [0, 0.05) is 52.1 Å². The number of carbonyl (C=O) groups is 4. The normalized spacial score (nSPS) is 17.0. The number of hydrogen-bond donors (Lipinski definition) is 2. The van der Waals surface area contributed by atoms with E-state index in [9.17, 15) is 19.2 Å². The molecule has 0 aliphatic carbocycles. The lowest BCUT2D eigenvalue weighted by atomic mass is 9.85. The summed E-state index contributed by atoms with van der Waals surface area (Å²) in [5.41, 5.74) is 6.70. The monoisotopic (exact) mass is 748 g/mol. The van der Waals surface area contributed by atoms with Crippen molar-refractivity contribution in [2.24, 2.45) is 5.41 Å². The first kappa shape index (κ1) is 38.8. The SMILES string of the molecule is Cc1ncsc1-c1ccc(CNC(=O)[C@@H]2CCCN2C(=O)[C@@H](NC(=O)CCC(=O)N2CCN(C(c3ccccc3)c3ccccc3)CC2)C(C)(C)C)cc1. The van der Waals surface area contributed by atoms with E-state index in [1.165, 1.54) is 11.1 Å². The molecule has 3 aromatic carbocycles. The number of likely N-dealkylation sites (tertiary alicyclic amines) is 1. The molecule has 54 heavy (non-hydrogen) atoms. The summed E-state index contributed by atoms with van der Waals surface area (Å²) in [6, 6.07) is 27.6. The molecule has 2 atom stereocenters. The lowest BCUT2D eigenvalue weighted by Gasteiger charge is -2.40. The van der Waals surface area contributed by atoms with Crippen LogP contribution in [0.1, 0.15) is 74.9 Å². The Bertz CT molecular complexity index is 1840. The number of rotatable bonds is 12. The average Bonchev–Trinajstić information content (AvgIpc) is 3.85. The zero-order chi connectivity index (χ0) is 38.2. The zero-order valence-corrected chi connectivity index (χ0v) is 32.6. The number of amides is 4. The van der Waals surface area contributed by atoms with Gasteiger partial charge in [0.15, 0.2) is 0 Å². The fourth-order valence-electron chi connectivity index (χ4n) is 7.50. The molecular weight excluding hydrogens is 697 g/mol. The molecule has 10 nitrogen and oxygen atoms in total. The van der Waals surface area contributed by atoms with Crippen LogP contribution in [0.3, 0.4) is 0 Å². The van der Waals surface area contributed by atoms with Gasteiger partial charge in [-0.15, -0.1) is 11.3 Å². The third-order valence-electron chi connectivity index (χ3n) is 10.5. The van der Waals surface area contributed by atoms with Crippen LogP contribution in [0.4, 0.5) is 0 Å². The highest BCUT2D eigenvalue weighted by atomic mass is 32.1. The second-order valence-electron chi connectivity index (χ2n) is 15.4. The number of nitrogens with zero attached hydrogens (tertiary/aromatic N) is 4. The van der Waals surface area contributed by atoms with Crippen LogP contribution in [0.25, 0.3) is 10.4 Å². The number of piperazine rings is 1. The summed E-state index contributed by atoms with van der Waals surface area (Å²) in [4.78, 5) is 65.4. The Morgan fingerprint density at radius 1 is 0.833 bits per heavy atom. The van der Waals surface area contributed by atoms with Crippen LogP contribution in [0.2, 0.25) is 0 Å². The van der Waals surface area contributed by atoms with Crippen LogP contribution < -0.4 is 10.6 Å². The molecule has 2 aliphatic rings. The van der Waals surface area contributed by atoms with Crippen molar-refractivity contribution in [3.63, 3.8) is 0 Å². The molecule has 2 N–H and O–H groups in total. The molecule has 0 bridgehead atoms. The molecule has 0 radical (unpaired) electrons. The molecule has 1 aromatic heterocycles. The minimum Gasteiger partial charge on any atom is -0.350 e. The minimum atomic E-state index is -0.840. The second kappa shape index (κ2) is 17.5. The first-order chi connectivity index (χ1) is 26.0. The van der Waals surface area contributed by atoms with E-state index in [1.807, 2.05) is 74.5 Å². The number of aromatic nitrogens is 1. The van der Waals surface area contributed by atoms with Crippen molar-refractivity contribution in [3.8, 4) is 10.4 Å². The van der Waals surface area contributed by atoms with Gasteiger partial charge in [-0.05, 0) is 47.4 Å². The molecule has 4 amide bonds. The van der Waals surface area contributed by atoms with Crippen molar-refractivity contribution in [1.82, 2.24) is 30.3 Å². The van der Waals surface area contributed by atoms with Crippen molar-refractivity contribution in [2.75, 3.05) is 32.7 Å². The second-order valence-corrected chi connectivity index (χ2v) is 16.2. The highest BCUT2D eigenvalue weighted by Crippen LogP contribution is 2.31. The van der Waals surface area contributed by atoms with Crippen LogP contribution in [0.5, 0.6) is 0 Å². The van der Waals surface area contributed by atoms with E-state index in [0.717, 1.165) is 34.8 Å². The molecule has 6 rings (SSSR count). The van der Waals surface area contributed by atoms with Crippen molar-refractivity contribution < 1.29 is 19.2 Å². The van der Waals surface area contributed by atoms with Crippen LogP contribution in [0, 0.1) is 12.3 Å². The molecule has 0 saturated carbocycles. The first-order valence-corrected chi connectivity index (χ1v) is 19.9. The van der Waals surface area contributed by atoms with E-state index < -0.39 is 17.5 Å². The van der Waals surface area contributed by atoms with Crippen LogP contribution in [0.15, 0.2) is 90.4 Å². The number of carbonyl (C=O) groups excluding carboxylic acids is 4. The predicted molar refractivity (Wildman–Crippen MR) is 212 cm³/mol. The molecule has 0 spiro atoms. The highest BCUT2D eigenvalue weighted by molar-refractivity contribution is 7.13. The molecule has 2 saturated heterocycles. The third-order valence-corrected chi connectivity index (χ3v) is 11.5. The maximum atomic E-state index is 14.0. The van der Waals surface area contributed by atoms with Crippen molar-refractivity contribution >= 4 is 35.0 Å². The molecule has 2 aliphatic heterocycles. The highest BCUT2D eigenvalue weighted by Gasteiger charge is 2.42. The minimum absolute atomic E-state index is 0.0131. The maximum Gasteiger partial charge on any atom is 0.246 e. The summed E-state index contributed by atoms with van der Waals surface area (Å²) >= 11 is 1.60. The Balaban J connectivity index is 0.994. The molecule has 284 valence electrons. The predicted octanol–water partition coefficient (Wildman–Crippen LogP) is 5.97. The van der Waals surface area contributed by atoms with Gasteiger partial charge in [0.25, 0.3) is 0 Å². The smallest absolute Gasteiger partial charge is 0.246 e. The van der Waals surface area contributed by atoms with Gasteiger partial charge in [-0.2, -0.15) is 0 Å². The molecule has 0 unspecified atom stereocenters. The summed E-state index contributed by atoms with van der Waals surface area (Å²) < 4.78 is 0. The fourth-order valence-corrected chi connectivity index (χ4v) is 8.32. The van der Waals surface area contributed by atoms with Crippen molar-refractivity contribution in [1.29, 1.82) is 0 Å². The third kappa shape index (κ3) is 9.43. The number of benzene rings is 3. The maximum absolute atomic E-state index is 14.0. The Kier molecular flexibility index (Phi) is 12.6. The Morgan fingerprint density at radius 3 is 2.04 bits per heavy atom. The molecule has 4 aromatic rings. The van der Waals surface area contributed by atoms with Gasteiger partial charge in [-0.3, -0.25) is 24.1 Å². The Labute approximate surface area is 323 Å². The lowest BCUT2D eigenvalue weighted by Crippen LogP contribution is -2.57. The molecular formula is C43H52N6O4S. The van der Waals surface area contributed by atoms with Crippen LogP contribution >= 0.6 is 11.3 Å². The van der Waals surface area contributed by atoms with Gasteiger partial charge in [0.1, 0.15) is 12.1 Å². The van der Waals surface area contributed by atoms with Crippen LogP contribution in [-0.4, -0.2) is 88.1 Å². The number of aryl methyl sites for hydroxylation is 1. The average molecular weight is 749 g/mol. The standard InChI is InChI=1S/C43H52N6O4S/c1-30-39(54-29-45-30)34-19-17-31(18-20-34)28-44-41(52)35-16-11-23-49(35)42(53)40(43(2,3)4)46-36(50)21-22-37(51)47-24-26-48(27-25-47)38(32-12-7-5-8-13-32)33-14-9-6-10-15-33/h5-10,12-15,17-20,29,35,38,40H,11,16,21-28H2,1-4H3,(H,44,52)(H,46,50)/t35-,40+/m0/s1. The summed E-state index contributed by atoms with van der Waals surface area (Å²) in [7, 11) is 0. The Morgan fingerprint density at radius 2 is 1.46 bits per heavy atom. The largest absolute Gasteiger partial charge is 0.350 e. The Hall–Kier alpha value is -4.87. The topological polar surface area (TPSA) is 115 Å². The van der Waals surface area contributed by atoms with Gasteiger partial charge < -0.3 is 20.4 Å². The zero-order valence-electron chi connectivity index (χ0n) is 31.8. The number of thiazole rings is 1. The number of hydrogen-bond acceptors (Lipinski definition) is 7. The van der Waals surface area contributed by atoms with E-state index in [0.29, 0.717) is 39.0 Å². The molecule has 3 heterocycles. The van der Waals surface area contributed by atoms with Gasteiger partial charge >= 0.3 is 0 Å². The summed E-state index contributed by atoms with van der Waals surface area (Å²) in [5, 5.41) is 5.97. The van der Waals surface area contributed by atoms with Gasteiger partial charge in [0.2, 0.25) is 23.6 Å². The molecule has 2 fully saturated rings. The van der Waals surface area contributed by atoms with E-state index in [1.54, 1.807) is 16.2 Å². The van der Waals surface area contributed by atoms with Crippen LogP contribution in [-0.2, 0) is 25.7 Å². The molecule has 11 heteroatoms. The van der Waals surface area contributed by atoms with Gasteiger partial charge in [-0.1, -0.05) is 106 Å². The van der Waals surface area contributed by atoms with E-state index in [2.05, 4.69) is 69.0 Å². The van der Waals surface area contributed by atoms with Gasteiger partial charge in [-0.25, -0.2) is 4.98 Å². The number of nitrogens with one attached hydrogen (secondary N) is 2. The summed E-state index contributed by atoms with van der Waals surface area (Å²) in [6.07, 6.45) is 1.32. The quantitative estimate of drug-likeness (QED) is 0.185.